The summed E-state index contributed by atoms with van der Waals surface area (Å²) in [5.41, 5.74) is 6.12. The Morgan fingerprint density at radius 2 is 2.25 bits per heavy atom. The molecule has 3 N–H and O–H groups in total. The van der Waals surface area contributed by atoms with Gasteiger partial charge in [0.2, 0.25) is 0 Å². The van der Waals surface area contributed by atoms with Crippen LogP contribution in [0.3, 0.4) is 0 Å². The Kier molecular flexibility index (Phi) is 7.38. The molecule has 0 radical (unpaired) electrons. The van der Waals surface area contributed by atoms with Crippen LogP contribution in [-0.4, -0.2) is 19.0 Å². The van der Waals surface area contributed by atoms with Gasteiger partial charge in [0.15, 0.2) is 0 Å². The third kappa shape index (κ3) is 4.96. The molecule has 0 aliphatic rings. The number of benzene rings is 1. The summed E-state index contributed by atoms with van der Waals surface area (Å²) in [5, 5.41) is 2.84. The predicted molar refractivity (Wildman–Crippen MR) is 71.9 cm³/mol. The Balaban J connectivity index is 0.00000225. The van der Waals surface area contributed by atoms with Gasteiger partial charge in [-0.3, -0.25) is 4.79 Å². The maximum absolute atomic E-state index is 11.6. The summed E-state index contributed by atoms with van der Waals surface area (Å²) in [7, 11) is 0. The van der Waals surface area contributed by atoms with Gasteiger partial charge in [-0.05, 0) is 30.7 Å². The Hall–Kier alpha value is -0.580. The molecule has 1 atom stereocenters. The summed E-state index contributed by atoms with van der Waals surface area (Å²) in [4.78, 5) is 11.6. The molecule has 3 nitrogen and oxygen atoms in total. The maximum atomic E-state index is 11.6. The van der Waals surface area contributed by atoms with Crippen molar-refractivity contribution >= 4 is 34.2 Å². The van der Waals surface area contributed by atoms with Crippen LogP contribution in [0.15, 0.2) is 28.7 Å². The molecule has 1 aromatic rings. The highest BCUT2D eigenvalue weighted by atomic mass is 79.9. The largest absolute Gasteiger partial charge is 0.352 e. The van der Waals surface area contributed by atoms with Gasteiger partial charge >= 0.3 is 0 Å². The van der Waals surface area contributed by atoms with Crippen molar-refractivity contribution in [3.8, 4) is 0 Å². The molecule has 0 fully saturated rings. The van der Waals surface area contributed by atoms with Crippen LogP contribution in [0.2, 0.25) is 0 Å². The molecule has 0 aliphatic carbocycles. The van der Waals surface area contributed by atoms with E-state index in [9.17, 15) is 4.79 Å². The minimum atomic E-state index is -0.0587. The zero-order valence-electron chi connectivity index (χ0n) is 9.07. The SMILES string of the molecule is CC(CN)CNC(=O)c1cccc(Br)c1.Cl. The van der Waals surface area contributed by atoms with Crippen molar-refractivity contribution < 1.29 is 4.79 Å². The van der Waals surface area contributed by atoms with E-state index < -0.39 is 0 Å². The lowest BCUT2D eigenvalue weighted by atomic mass is 10.1. The average Bonchev–Trinajstić information content (AvgIpc) is 2.25. The quantitative estimate of drug-likeness (QED) is 0.896. The van der Waals surface area contributed by atoms with Crippen LogP contribution in [-0.2, 0) is 0 Å². The molecular formula is C11H16BrClN2O. The Morgan fingerprint density at radius 3 is 2.81 bits per heavy atom. The number of nitrogens with one attached hydrogen (secondary N) is 1. The smallest absolute Gasteiger partial charge is 0.251 e. The van der Waals surface area contributed by atoms with Gasteiger partial charge in [0.1, 0.15) is 0 Å². The molecule has 0 aromatic heterocycles. The molecule has 0 bridgehead atoms. The molecule has 0 spiro atoms. The fourth-order valence-electron chi connectivity index (χ4n) is 1.08. The number of carbonyl (C=O) groups is 1. The van der Waals surface area contributed by atoms with Crippen LogP contribution in [0.1, 0.15) is 17.3 Å². The molecule has 16 heavy (non-hydrogen) atoms. The maximum Gasteiger partial charge on any atom is 0.251 e. The van der Waals surface area contributed by atoms with Gasteiger partial charge in [-0.15, -0.1) is 12.4 Å². The summed E-state index contributed by atoms with van der Waals surface area (Å²) in [5.74, 6) is 0.248. The molecule has 1 unspecified atom stereocenters. The minimum absolute atomic E-state index is 0. The second-order valence-electron chi connectivity index (χ2n) is 3.56. The van der Waals surface area contributed by atoms with Crippen molar-refractivity contribution in [2.24, 2.45) is 11.7 Å². The number of hydrogen-bond acceptors (Lipinski definition) is 2. The van der Waals surface area contributed by atoms with Crippen LogP contribution in [0.25, 0.3) is 0 Å². The fraction of sp³-hybridized carbons (Fsp3) is 0.364. The van der Waals surface area contributed by atoms with Gasteiger partial charge in [0.25, 0.3) is 5.91 Å². The first-order valence-electron chi connectivity index (χ1n) is 4.87. The van der Waals surface area contributed by atoms with E-state index in [4.69, 9.17) is 5.73 Å². The molecular weight excluding hydrogens is 291 g/mol. The van der Waals surface area contributed by atoms with Crippen LogP contribution < -0.4 is 11.1 Å². The first-order chi connectivity index (χ1) is 7.13. The van der Waals surface area contributed by atoms with E-state index in [1.165, 1.54) is 0 Å². The summed E-state index contributed by atoms with van der Waals surface area (Å²) in [6.45, 7) is 3.20. The van der Waals surface area contributed by atoms with Crippen LogP contribution in [0.4, 0.5) is 0 Å². The third-order valence-corrected chi connectivity index (χ3v) is 2.59. The van der Waals surface area contributed by atoms with Crippen molar-refractivity contribution in [1.82, 2.24) is 5.32 Å². The zero-order chi connectivity index (χ0) is 11.3. The number of nitrogens with two attached hydrogens (primary N) is 1. The van der Waals surface area contributed by atoms with Crippen molar-refractivity contribution in [1.29, 1.82) is 0 Å². The number of carbonyl (C=O) groups excluding carboxylic acids is 1. The van der Waals surface area contributed by atoms with E-state index >= 15 is 0 Å². The number of halogens is 2. The van der Waals surface area contributed by atoms with E-state index in [0.717, 1.165) is 4.47 Å². The third-order valence-electron chi connectivity index (χ3n) is 2.10. The van der Waals surface area contributed by atoms with E-state index in [2.05, 4.69) is 21.2 Å². The van der Waals surface area contributed by atoms with Gasteiger partial charge in [-0.2, -0.15) is 0 Å². The molecule has 1 amide bonds. The lowest BCUT2D eigenvalue weighted by molar-refractivity contribution is 0.0948. The summed E-state index contributed by atoms with van der Waals surface area (Å²) in [6, 6.07) is 7.31. The van der Waals surface area contributed by atoms with Gasteiger partial charge in [-0.25, -0.2) is 0 Å². The molecule has 0 saturated carbocycles. The van der Waals surface area contributed by atoms with Crippen molar-refractivity contribution in [2.75, 3.05) is 13.1 Å². The first kappa shape index (κ1) is 15.4. The zero-order valence-corrected chi connectivity index (χ0v) is 11.5. The van der Waals surface area contributed by atoms with Gasteiger partial charge in [-0.1, -0.05) is 28.9 Å². The molecule has 1 aromatic carbocycles. The van der Waals surface area contributed by atoms with Gasteiger partial charge in [0, 0.05) is 16.6 Å². The van der Waals surface area contributed by atoms with Crippen LogP contribution in [0.5, 0.6) is 0 Å². The molecule has 90 valence electrons. The van der Waals surface area contributed by atoms with E-state index in [1.807, 2.05) is 19.1 Å². The van der Waals surface area contributed by atoms with Gasteiger partial charge in [0.05, 0.1) is 0 Å². The molecule has 5 heteroatoms. The highest BCUT2D eigenvalue weighted by Gasteiger charge is 2.06. The van der Waals surface area contributed by atoms with Crippen LogP contribution in [0, 0.1) is 5.92 Å². The Labute approximate surface area is 110 Å². The molecule has 0 heterocycles. The molecule has 0 aliphatic heterocycles. The lowest BCUT2D eigenvalue weighted by Crippen LogP contribution is -2.31. The highest BCUT2D eigenvalue weighted by Crippen LogP contribution is 2.11. The average molecular weight is 308 g/mol. The highest BCUT2D eigenvalue weighted by molar-refractivity contribution is 9.10. The normalized spacial score (nSPS) is 11.4. The predicted octanol–water partition coefficient (Wildman–Crippen LogP) is 2.20. The summed E-state index contributed by atoms with van der Waals surface area (Å²) < 4.78 is 0.905. The monoisotopic (exact) mass is 306 g/mol. The Morgan fingerprint density at radius 1 is 1.56 bits per heavy atom. The van der Waals surface area contributed by atoms with Crippen LogP contribution >= 0.6 is 28.3 Å². The number of rotatable bonds is 4. The molecule has 1 rings (SSSR count). The summed E-state index contributed by atoms with van der Waals surface area (Å²) >= 11 is 3.32. The van der Waals surface area contributed by atoms with Crippen molar-refractivity contribution in [3.63, 3.8) is 0 Å². The fourth-order valence-corrected chi connectivity index (χ4v) is 1.48. The Bertz CT molecular complexity index is 347. The molecule has 0 saturated heterocycles. The number of amides is 1. The standard InChI is InChI=1S/C11H15BrN2O.ClH/c1-8(6-13)7-14-11(15)9-3-2-4-10(12)5-9;/h2-5,8H,6-7,13H2,1H3,(H,14,15);1H. The summed E-state index contributed by atoms with van der Waals surface area (Å²) in [6.07, 6.45) is 0. The van der Waals surface area contributed by atoms with E-state index in [1.54, 1.807) is 12.1 Å². The van der Waals surface area contributed by atoms with E-state index in [-0.39, 0.29) is 18.3 Å². The van der Waals surface area contributed by atoms with Crippen molar-refractivity contribution in [3.05, 3.63) is 34.3 Å². The topological polar surface area (TPSA) is 55.1 Å². The van der Waals surface area contributed by atoms with E-state index in [0.29, 0.717) is 24.6 Å². The second kappa shape index (κ2) is 7.65. The first-order valence-corrected chi connectivity index (χ1v) is 5.66. The number of hydrogen-bond donors (Lipinski definition) is 2. The second-order valence-corrected chi connectivity index (χ2v) is 4.48. The van der Waals surface area contributed by atoms with Gasteiger partial charge < -0.3 is 11.1 Å². The minimum Gasteiger partial charge on any atom is -0.352 e. The van der Waals surface area contributed by atoms with Crippen molar-refractivity contribution in [2.45, 2.75) is 6.92 Å². The lowest BCUT2D eigenvalue weighted by Gasteiger charge is -2.10.